The second-order valence-corrected chi connectivity index (χ2v) is 8.99. The maximum Gasteiger partial charge on any atom is 0.217 e. The van der Waals surface area contributed by atoms with Crippen LogP contribution < -0.4 is 5.32 Å². The molecule has 1 heterocycles. The van der Waals surface area contributed by atoms with Crippen LogP contribution in [-0.4, -0.2) is 27.8 Å². The highest BCUT2D eigenvalue weighted by Gasteiger charge is 2.17. The molecule has 186 valence electrons. The standard InChI is InChI=1S/C31H30N4O2/c1-4-5-11-31-34-19-29(30(37)20-33-22(2)36)35(31)21-23-12-14-25(15-13-23)27-18-26(16-17-28(27)32-3)24-9-7-6-8-10-24/h6-10,12-19H,4-5,11,20-21H2,1-2H3,(H,33,36). The number of Topliss-reactive ketones (excluding diaryl/α,β-unsaturated/α-hetero) is 1. The molecule has 1 aromatic heterocycles. The average molecular weight is 491 g/mol. The summed E-state index contributed by atoms with van der Waals surface area (Å²) in [5.41, 5.74) is 6.15. The van der Waals surface area contributed by atoms with Crippen LogP contribution in [0.25, 0.3) is 27.1 Å². The van der Waals surface area contributed by atoms with E-state index >= 15 is 0 Å². The molecule has 0 bridgehead atoms. The lowest BCUT2D eigenvalue weighted by atomic mass is 9.97. The molecule has 6 nitrogen and oxygen atoms in total. The normalized spacial score (nSPS) is 10.6. The number of benzene rings is 3. The first-order valence-electron chi connectivity index (χ1n) is 12.5. The first kappa shape index (κ1) is 25.6. The molecule has 0 saturated heterocycles. The van der Waals surface area contributed by atoms with Crippen LogP contribution in [0.15, 0.2) is 79.0 Å². The van der Waals surface area contributed by atoms with Crippen molar-refractivity contribution in [3.8, 4) is 22.3 Å². The fourth-order valence-corrected chi connectivity index (χ4v) is 4.29. The van der Waals surface area contributed by atoms with Gasteiger partial charge in [-0.15, -0.1) is 0 Å². The highest BCUT2D eigenvalue weighted by Crippen LogP contribution is 2.35. The van der Waals surface area contributed by atoms with Crippen LogP contribution in [0.4, 0.5) is 5.69 Å². The highest BCUT2D eigenvalue weighted by molar-refractivity contribution is 5.97. The van der Waals surface area contributed by atoms with E-state index in [0.717, 1.165) is 52.9 Å². The van der Waals surface area contributed by atoms with Gasteiger partial charge >= 0.3 is 0 Å². The largest absolute Gasteiger partial charge is 0.349 e. The van der Waals surface area contributed by atoms with Crippen LogP contribution in [-0.2, 0) is 17.8 Å². The Morgan fingerprint density at radius 3 is 2.38 bits per heavy atom. The monoisotopic (exact) mass is 490 g/mol. The van der Waals surface area contributed by atoms with Crippen LogP contribution in [0.3, 0.4) is 0 Å². The summed E-state index contributed by atoms with van der Waals surface area (Å²) in [7, 11) is 0. The van der Waals surface area contributed by atoms with E-state index in [1.807, 2.05) is 59.2 Å². The second-order valence-electron chi connectivity index (χ2n) is 8.99. The summed E-state index contributed by atoms with van der Waals surface area (Å²) < 4.78 is 1.95. The molecule has 0 unspecified atom stereocenters. The maximum atomic E-state index is 12.8. The van der Waals surface area contributed by atoms with Crippen LogP contribution in [0.2, 0.25) is 0 Å². The average Bonchev–Trinajstić information content (AvgIpc) is 3.33. The van der Waals surface area contributed by atoms with E-state index in [9.17, 15) is 9.59 Å². The smallest absolute Gasteiger partial charge is 0.217 e. The minimum Gasteiger partial charge on any atom is -0.349 e. The molecule has 4 rings (SSSR count). The minimum absolute atomic E-state index is 0.0513. The van der Waals surface area contributed by atoms with Crippen molar-refractivity contribution in [3.63, 3.8) is 0 Å². The Balaban J connectivity index is 1.62. The fourth-order valence-electron chi connectivity index (χ4n) is 4.29. The number of hydrogen-bond acceptors (Lipinski definition) is 3. The first-order chi connectivity index (χ1) is 18.0. The molecule has 0 saturated carbocycles. The number of carbonyl (C=O) groups is 2. The Labute approximate surface area is 217 Å². The number of unbranched alkanes of at least 4 members (excludes halogenated alkanes) is 1. The van der Waals surface area contributed by atoms with Gasteiger partial charge in [0, 0.05) is 19.9 Å². The molecule has 0 aliphatic carbocycles. The van der Waals surface area contributed by atoms with E-state index in [1.54, 1.807) is 6.20 Å². The van der Waals surface area contributed by atoms with Crippen LogP contribution in [0, 0.1) is 6.57 Å². The van der Waals surface area contributed by atoms with Crippen molar-refractivity contribution in [2.24, 2.45) is 0 Å². The van der Waals surface area contributed by atoms with Gasteiger partial charge in [-0.1, -0.05) is 86.1 Å². The van der Waals surface area contributed by atoms with Crippen molar-refractivity contribution >= 4 is 17.4 Å². The summed E-state index contributed by atoms with van der Waals surface area (Å²) in [6.45, 7) is 11.6. The number of aryl methyl sites for hydroxylation is 1. The quantitative estimate of drug-likeness (QED) is 0.204. The predicted octanol–water partition coefficient (Wildman–Crippen LogP) is 6.48. The molecule has 6 heteroatoms. The third-order valence-corrected chi connectivity index (χ3v) is 6.31. The molecule has 0 aliphatic heterocycles. The number of nitrogens with one attached hydrogen (secondary N) is 1. The number of hydrogen-bond donors (Lipinski definition) is 1. The SMILES string of the molecule is [C-]#[N+]c1ccc(-c2ccccc2)cc1-c1ccc(Cn2c(C(=O)CNC(C)=O)cnc2CCCC)cc1. The van der Waals surface area contributed by atoms with Gasteiger partial charge in [0.1, 0.15) is 11.5 Å². The van der Waals surface area contributed by atoms with Crippen molar-refractivity contribution in [2.75, 3.05) is 6.54 Å². The molecule has 37 heavy (non-hydrogen) atoms. The molecule has 0 spiro atoms. The molecule has 0 aliphatic rings. The molecule has 0 atom stereocenters. The van der Waals surface area contributed by atoms with Crippen molar-refractivity contribution in [1.29, 1.82) is 0 Å². The van der Waals surface area contributed by atoms with Gasteiger partial charge in [-0.2, -0.15) is 0 Å². The molecule has 0 radical (unpaired) electrons. The molecule has 3 aromatic carbocycles. The molecular formula is C31H30N4O2. The van der Waals surface area contributed by atoms with Crippen LogP contribution in [0.5, 0.6) is 0 Å². The first-order valence-corrected chi connectivity index (χ1v) is 12.5. The summed E-state index contributed by atoms with van der Waals surface area (Å²) in [4.78, 5) is 32.4. The van der Waals surface area contributed by atoms with Gasteiger partial charge in [-0.3, -0.25) is 9.59 Å². The third kappa shape index (κ3) is 6.20. The summed E-state index contributed by atoms with van der Waals surface area (Å²) in [6.07, 6.45) is 4.40. The van der Waals surface area contributed by atoms with Crippen LogP contribution in [0.1, 0.15) is 48.6 Å². The second kappa shape index (κ2) is 12.0. The summed E-state index contributed by atoms with van der Waals surface area (Å²) in [5.74, 6) is 0.459. The van der Waals surface area contributed by atoms with Gasteiger partial charge in [0.2, 0.25) is 5.91 Å². The van der Waals surface area contributed by atoms with Crippen LogP contribution >= 0.6 is 0 Å². The Morgan fingerprint density at radius 1 is 0.973 bits per heavy atom. The Hall–Kier alpha value is -4.50. The molecular weight excluding hydrogens is 460 g/mol. The molecule has 1 N–H and O–H groups in total. The van der Waals surface area contributed by atoms with E-state index in [4.69, 9.17) is 6.57 Å². The van der Waals surface area contributed by atoms with Gasteiger partial charge in [-0.25, -0.2) is 9.83 Å². The highest BCUT2D eigenvalue weighted by atomic mass is 16.2. The summed E-state index contributed by atoms with van der Waals surface area (Å²) in [6, 6.07) is 24.2. The van der Waals surface area contributed by atoms with E-state index < -0.39 is 0 Å². The van der Waals surface area contributed by atoms with E-state index in [-0.39, 0.29) is 18.2 Å². The Bertz CT molecular complexity index is 1430. The lowest BCUT2D eigenvalue weighted by Gasteiger charge is -2.13. The zero-order valence-corrected chi connectivity index (χ0v) is 21.2. The number of ketones is 1. The van der Waals surface area contributed by atoms with Crippen molar-refractivity contribution in [3.05, 3.63) is 107 Å². The minimum atomic E-state index is -0.240. The lowest BCUT2D eigenvalue weighted by Crippen LogP contribution is -2.28. The van der Waals surface area contributed by atoms with E-state index in [0.29, 0.717) is 17.9 Å². The summed E-state index contributed by atoms with van der Waals surface area (Å²) in [5, 5.41) is 2.59. The molecule has 4 aromatic rings. The number of nitrogens with zero attached hydrogens (tertiary/aromatic N) is 3. The lowest BCUT2D eigenvalue weighted by molar-refractivity contribution is -0.118. The zero-order chi connectivity index (χ0) is 26.2. The Morgan fingerprint density at radius 2 is 1.70 bits per heavy atom. The number of imidazole rings is 1. The maximum absolute atomic E-state index is 12.8. The van der Waals surface area contributed by atoms with E-state index in [1.165, 1.54) is 6.92 Å². The van der Waals surface area contributed by atoms with Gasteiger partial charge in [0.25, 0.3) is 0 Å². The predicted molar refractivity (Wildman–Crippen MR) is 147 cm³/mol. The van der Waals surface area contributed by atoms with Crippen molar-refractivity contribution < 1.29 is 9.59 Å². The van der Waals surface area contributed by atoms with Gasteiger partial charge in [0.05, 0.1) is 19.3 Å². The zero-order valence-electron chi connectivity index (χ0n) is 21.2. The van der Waals surface area contributed by atoms with E-state index in [2.05, 4.69) is 40.3 Å². The topological polar surface area (TPSA) is 68.3 Å². The van der Waals surface area contributed by atoms with Crippen molar-refractivity contribution in [2.45, 2.75) is 39.7 Å². The number of carbonyl (C=O) groups excluding carboxylic acids is 2. The number of amides is 1. The third-order valence-electron chi connectivity index (χ3n) is 6.31. The van der Waals surface area contributed by atoms with Gasteiger partial charge in [0.15, 0.2) is 11.5 Å². The van der Waals surface area contributed by atoms with Gasteiger partial charge < -0.3 is 9.88 Å². The molecule has 1 amide bonds. The van der Waals surface area contributed by atoms with Gasteiger partial charge in [-0.05, 0) is 34.2 Å². The Kier molecular flexibility index (Phi) is 8.27. The molecule has 0 fully saturated rings. The van der Waals surface area contributed by atoms with Crippen molar-refractivity contribution in [1.82, 2.24) is 14.9 Å². The number of rotatable bonds is 10. The fraction of sp³-hybridized carbons (Fsp3) is 0.226. The summed E-state index contributed by atoms with van der Waals surface area (Å²) >= 11 is 0. The number of aromatic nitrogens is 2.